The van der Waals surface area contributed by atoms with Crippen molar-refractivity contribution in [2.24, 2.45) is 0 Å². The molecule has 1 heterocycles. The molecular formula is C17H19NO5S2. The molecule has 0 unspecified atom stereocenters. The Labute approximate surface area is 150 Å². The van der Waals surface area contributed by atoms with E-state index in [0.717, 1.165) is 11.1 Å². The summed E-state index contributed by atoms with van der Waals surface area (Å²) >= 11 is 1.57. The van der Waals surface area contributed by atoms with Gasteiger partial charge in [0.15, 0.2) is 6.10 Å². The Kier molecular flexibility index (Phi) is 6.33. The van der Waals surface area contributed by atoms with Crippen molar-refractivity contribution in [1.29, 1.82) is 0 Å². The van der Waals surface area contributed by atoms with E-state index in [4.69, 9.17) is 4.74 Å². The van der Waals surface area contributed by atoms with Crippen LogP contribution in [-0.4, -0.2) is 32.5 Å². The van der Waals surface area contributed by atoms with Crippen LogP contribution in [0.2, 0.25) is 0 Å². The SMILES string of the molecule is C[C@H](OC(=O)CCc1cccs1)C(=O)c1ccc(NS(C)(=O)=O)cc1. The fourth-order valence-electron chi connectivity index (χ4n) is 2.14. The maximum atomic E-state index is 12.3. The Morgan fingerprint density at radius 3 is 2.44 bits per heavy atom. The van der Waals surface area contributed by atoms with Crippen molar-refractivity contribution < 1.29 is 22.7 Å². The number of anilines is 1. The van der Waals surface area contributed by atoms with Crippen LogP contribution in [0.3, 0.4) is 0 Å². The number of sulfonamides is 1. The Morgan fingerprint density at radius 1 is 1.20 bits per heavy atom. The van der Waals surface area contributed by atoms with Crippen LogP contribution >= 0.6 is 11.3 Å². The first-order valence-electron chi connectivity index (χ1n) is 7.58. The van der Waals surface area contributed by atoms with Gasteiger partial charge in [0.25, 0.3) is 0 Å². The van der Waals surface area contributed by atoms with Crippen LogP contribution in [-0.2, 0) is 26.0 Å². The van der Waals surface area contributed by atoms with Crippen molar-refractivity contribution in [1.82, 2.24) is 0 Å². The van der Waals surface area contributed by atoms with E-state index in [1.165, 1.54) is 31.2 Å². The van der Waals surface area contributed by atoms with Crippen molar-refractivity contribution in [2.45, 2.75) is 25.9 Å². The first kappa shape index (κ1) is 19.1. The standard InChI is InChI=1S/C17H19NO5S2/c1-12(23-16(19)10-9-15-4-3-11-24-15)17(20)13-5-7-14(8-6-13)18-25(2,21)22/h3-8,11-12,18H,9-10H2,1-2H3/t12-/m0/s1. The van der Waals surface area contributed by atoms with Crippen molar-refractivity contribution in [2.75, 3.05) is 11.0 Å². The molecule has 0 aliphatic carbocycles. The molecule has 0 aliphatic heterocycles. The molecular weight excluding hydrogens is 362 g/mol. The summed E-state index contributed by atoms with van der Waals surface area (Å²) in [7, 11) is -3.37. The van der Waals surface area contributed by atoms with E-state index < -0.39 is 22.1 Å². The predicted octanol–water partition coefficient (Wildman–Crippen LogP) is 2.87. The highest BCUT2D eigenvalue weighted by Crippen LogP contribution is 2.15. The summed E-state index contributed by atoms with van der Waals surface area (Å²) in [6.07, 6.45) is 0.951. The number of benzene rings is 1. The molecule has 25 heavy (non-hydrogen) atoms. The molecule has 0 saturated carbocycles. The van der Waals surface area contributed by atoms with Gasteiger partial charge < -0.3 is 4.74 Å². The number of hydrogen-bond donors (Lipinski definition) is 1. The number of aryl methyl sites for hydroxylation is 1. The maximum absolute atomic E-state index is 12.3. The van der Waals surface area contributed by atoms with Gasteiger partial charge in [-0.1, -0.05) is 6.07 Å². The molecule has 2 aromatic rings. The summed E-state index contributed by atoms with van der Waals surface area (Å²) < 4.78 is 29.8. The van der Waals surface area contributed by atoms with Gasteiger partial charge in [0.1, 0.15) is 0 Å². The second kappa shape index (κ2) is 8.26. The molecule has 6 nitrogen and oxygen atoms in total. The fraction of sp³-hybridized carbons (Fsp3) is 0.294. The average molecular weight is 381 g/mol. The molecule has 1 N–H and O–H groups in total. The Morgan fingerprint density at radius 2 is 1.88 bits per heavy atom. The number of esters is 1. The van der Waals surface area contributed by atoms with Gasteiger partial charge in [-0.2, -0.15) is 0 Å². The molecule has 1 aromatic heterocycles. The molecule has 0 bridgehead atoms. The van der Waals surface area contributed by atoms with Crippen LogP contribution in [0, 0.1) is 0 Å². The van der Waals surface area contributed by atoms with Crippen LogP contribution in [0.15, 0.2) is 41.8 Å². The number of carbonyl (C=O) groups is 2. The Bertz CT molecular complexity index is 826. The molecule has 2 rings (SSSR count). The van der Waals surface area contributed by atoms with Gasteiger partial charge in [0.2, 0.25) is 15.8 Å². The minimum Gasteiger partial charge on any atom is -0.454 e. The lowest BCUT2D eigenvalue weighted by atomic mass is 10.1. The normalized spacial score (nSPS) is 12.4. The molecule has 1 atom stereocenters. The third-order valence-corrected chi connectivity index (χ3v) is 4.85. The van der Waals surface area contributed by atoms with Crippen LogP contribution in [0.1, 0.15) is 28.6 Å². The number of ketones is 1. The number of rotatable bonds is 8. The molecule has 0 saturated heterocycles. The summed E-state index contributed by atoms with van der Waals surface area (Å²) in [5.41, 5.74) is 0.706. The second-order valence-electron chi connectivity index (χ2n) is 5.53. The lowest BCUT2D eigenvalue weighted by Crippen LogP contribution is -2.24. The fourth-order valence-corrected chi connectivity index (χ4v) is 3.41. The van der Waals surface area contributed by atoms with E-state index in [1.807, 2.05) is 17.5 Å². The zero-order chi connectivity index (χ0) is 18.4. The van der Waals surface area contributed by atoms with Gasteiger partial charge in [-0.15, -0.1) is 11.3 Å². The molecule has 0 amide bonds. The molecule has 1 aromatic carbocycles. The lowest BCUT2D eigenvalue weighted by Gasteiger charge is -2.12. The number of nitrogens with one attached hydrogen (secondary N) is 1. The number of thiophene rings is 1. The largest absolute Gasteiger partial charge is 0.454 e. The molecule has 0 radical (unpaired) electrons. The van der Waals surface area contributed by atoms with E-state index in [-0.39, 0.29) is 12.2 Å². The van der Waals surface area contributed by atoms with Gasteiger partial charge in [-0.05, 0) is 49.1 Å². The summed E-state index contributed by atoms with van der Waals surface area (Å²) in [5.74, 6) is -0.764. The van der Waals surface area contributed by atoms with Gasteiger partial charge in [-0.3, -0.25) is 14.3 Å². The monoisotopic (exact) mass is 381 g/mol. The highest BCUT2D eigenvalue weighted by molar-refractivity contribution is 7.92. The highest BCUT2D eigenvalue weighted by atomic mass is 32.2. The third kappa shape index (κ3) is 6.32. The quantitative estimate of drug-likeness (QED) is 0.561. The number of carbonyl (C=O) groups excluding carboxylic acids is 2. The van der Waals surface area contributed by atoms with Crippen molar-refractivity contribution in [3.05, 3.63) is 52.2 Å². The van der Waals surface area contributed by atoms with E-state index in [2.05, 4.69) is 4.72 Å². The number of hydrogen-bond acceptors (Lipinski definition) is 6. The zero-order valence-corrected chi connectivity index (χ0v) is 15.5. The zero-order valence-electron chi connectivity index (χ0n) is 13.9. The van der Waals surface area contributed by atoms with Gasteiger partial charge in [0.05, 0.1) is 12.7 Å². The van der Waals surface area contributed by atoms with Gasteiger partial charge >= 0.3 is 5.97 Å². The van der Waals surface area contributed by atoms with Crippen molar-refractivity contribution >= 4 is 38.8 Å². The summed E-state index contributed by atoms with van der Waals surface area (Å²) in [5, 5.41) is 1.94. The smallest absolute Gasteiger partial charge is 0.306 e. The third-order valence-electron chi connectivity index (χ3n) is 3.31. The summed E-state index contributed by atoms with van der Waals surface area (Å²) in [4.78, 5) is 25.2. The first-order chi connectivity index (χ1) is 11.7. The van der Waals surface area contributed by atoms with Crippen LogP contribution in [0.5, 0.6) is 0 Å². The highest BCUT2D eigenvalue weighted by Gasteiger charge is 2.19. The molecule has 0 spiro atoms. The van der Waals surface area contributed by atoms with Gasteiger partial charge in [0, 0.05) is 16.1 Å². The minimum absolute atomic E-state index is 0.218. The maximum Gasteiger partial charge on any atom is 0.306 e. The van der Waals surface area contributed by atoms with E-state index >= 15 is 0 Å². The molecule has 0 fully saturated rings. The molecule has 8 heteroatoms. The summed E-state index contributed by atoms with van der Waals surface area (Å²) in [6, 6.07) is 9.81. The van der Waals surface area contributed by atoms with E-state index in [1.54, 1.807) is 11.3 Å². The van der Waals surface area contributed by atoms with Crippen LogP contribution < -0.4 is 4.72 Å². The molecule has 134 valence electrons. The Balaban J connectivity index is 1.89. The van der Waals surface area contributed by atoms with Gasteiger partial charge in [-0.25, -0.2) is 8.42 Å². The van der Waals surface area contributed by atoms with Crippen molar-refractivity contribution in [3.63, 3.8) is 0 Å². The van der Waals surface area contributed by atoms with Crippen molar-refractivity contribution in [3.8, 4) is 0 Å². The lowest BCUT2D eigenvalue weighted by molar-refractivity contribution is -0.146. The topological polar surface area (TPSA) is 89.5 Å². The van der Waals surface area contributed by atoms with Crippen LogP contribution in [0.25, 0.3) is 0 Å². The average Bonchev–Trinajstić information content (AvgIpc) is 3.05. The molecule has 0 aliphatic rings. The van der Waals surface area contributed by atoms with E-state index in [9.17, 15) is 18.0 Å². The predicted molar refractivity (Wildman–Crippen MR) is 97.4 cm³/mol. The minimum atomic E-state index is -3.37. The van der Waals surface area contributed by atoms with Crippen LogP contribution in [0.4, 0.5) is 5.69 Å². The number of ether oxygens (including phenoxy) is 1. The first-order valence-corrected chi connectivity index (χ1v) is 10.4. The number of Topliss-reactive ketones (excluding diaryl/α,β-unsaturated/α-hetero) is 1. The second-order valence-corrected chi connectivity index (χ2v) is 8.31. The van der Waals surface area contributed by atoms with E-state index in [0.29, 0.717) is 17.7 Å². The summed E-state index contributed by atoms with van der Waals surface area (Å²) in [6.45, 7) is 1.52. The Hall–Kier alpha value is -2.19.